The highest BCUT2D eigenvalue weighted by molar-refractivity contribution is 7.90. The molecular formula is C21H23N3O5S. The highest BCUT2D eigenvalue weighted by Gasteiger charge is 2.30. The third kappa shape index (κ3) is 5.24. The molecular weight excluding hydrogens is 406 g/mol. The molecule has 1 aliphatic rings. The van der Waals surface area contributed by atoms with E-state index in [1.165, 1.54) is 6.07 Å². The van der Waals surface area contributed by atoms with Crippen LogP contribution in [0.3, 0.4) is 0 Å². The number of sulfonamides is 1. The first-order valence-corrected chi connectivity index (χ1v) is 11.0. The number of carbonyl (C=O) groups excluding carboxylic acids is 2. The summed E-state index contributed by atoms with van der Waals surface area (Å²) in [5, 5.41) is 0. The highest BCUT2D eigenvalue weighted by Crippen LogP contribution is 2.22. The molecule has 0 radical (unpaired) electrons. The van der Waals surface area contributed by atoms with Crippen molar-refractivity contribution in [2.75, 3.05) is 19.7 Å². The summed E-state index contributed by atoms with van der Waals surface area (Å²) in [6.45, 7) is 2.50. The molecule has 9 heteroatoms. The summed E-state index contributed by atoms with van der Waals surface area (Å²) in [4.78, 5) is 30.2. The molecule has 158 valence electrons. The van der Waals surface area contributed by atoms with Gasteiger partial charge in [-0.05, 0) is 24.6 Å². The van der Waals surface area contributed by atoms with Gasteiger partial charge in [0.15, 0.2) is 6.61 Å². The fraction of sp³-hybridized carbons (Fsp3) is 0.286. The van der Waals surface area contributed by atoms with E-state index in [-0.39, 0.29) is 36.2 Å². The topological polar surface area (TPSA) is 105 Å². The van der Waals surface area contributed by atoms with Gasteiger partial charge in [0.25, 0.3) is 15.9 Å². The normalized spacial score (nSPS) is 15.3. The zero-order chi connectivity index (χ0) is 21.6. The molecule has 0 bridgehead atoms. The summed E-state index contributed by atoms with van der Waals surface area (Å²) in [7, 11) is -3.61. The summed E-state index contributed by atoms with van der Waals surface area (Å²) in [5.74, 6) is -0.648. The first-order valence-electron chi connectivity index (χ1n) is 9.54. The average Bonchev–Trinajstić information content (AvgIpc) is 3.01. The summed E-state index contributed by atoms with van der Waals surface area (Å²) in [5.41, 5.74) is 1.47. The number of hydrogen-bond acceptors (Lipinski definition) is 6. The van der Waals surface area contributed by atoms with Crippen LogP contribution in [0, 0.1) is 0 Å². The van der Waals surface area contributed by atoms with Crippen LogP contribution in [0.2, 0.25) is 0 Å². The van der Waals surface area contributed by atoms with E-state index in [1.54, 1.807) is 23.1 Å². The van der Waals surface area contributed by atoms with Crippen LogP contribution in [0.5, 0.6) is 0 Å². The fourth-order valence-electron chi connectivity index (χ4n) is 3.00. The van der Waals surface area contributed by atoms with Crippen molar-refractivity contribution >= 4 is 27.7 Å². The van der Waals surface area contributed by atoms with Gasteiger partial charge in [-0.2, -0.15) is 0 Å². The van der Waals surface area contributed by atoms with Crippen molar-refractivity contribution in [3.63, 3.8) is 0 Å². The van der Waals surface area contributed by atoms with E-state index < -0.39 is 16.0 Å². The second-order valence-corrected chi connectivity index (χ2v) is 8.29. The van der Waals surface area contributed by atoms with Crippen molar-refractivity contribution in [1.29, 1.82) is 0 Å². The van der Waals surface area contributed by atoms with Gasteiger partial charge in [0.2, 0.25) is 0 Å². The van der Waals surface area contributed by atoms with Gasteiger partial charge in [0.05, 0.1) is 17.9 Å². The van der Waals surface area contributed by atoms with Crippen LogP contribution in [0.4, 0.5) is 0 Å². The molecule has 0 saturated heterocycles. The Labute approximate surface area is 175 Å². The van der Waals surface area contributed by atoms with Gasteiger partial charge in [0, 0.05) is 18.7 Å². The lowest BCUT2D eigenvalue weighted by Crippen LogP contribution is -2.34. The number of hydrogen-bond donors (Lipinski definition) is 1. The van der Waals surface area contributed by atoms with Gasteiger partial charge in [0.1, 0.15) is 5.84 Å². The summed E-state index contributed by atoms with van der Waals surface area (Å²) >= 11 is 0. The number of amides is 1. The summed E-state index contributed by atoms with van der Waals surface area (Å²) < 4.78 is 31.5. The monoisotopic (exact) mass is 429 g/mol. The van der Waals surface area contributed by atoms with Crippen molar-refractivity contribution in [3.8, 4) is 0 Å². The summed E-state index contributed by atoms with van der Waals surface area (Å²) in [6, 6.07) is 16.0. The van der Waals surface area contributed by atoms with E-state index >= 15 is 0 Å². The van der Waals surface area contributed by atoms with Crippen LogP contribution in [0.15, 0.2) is 64.5 Å². The molecule has 0 unspecified atom stereocenters. The number of carbonyl (C=O) groups is 2. The van der Waals surface area contributed by atoms with E-state index in [0.717, 1.165) is 5.56 Å². The molecule has 1 amide bonds. The minimum Gasteiger partial charge on any atom is -0.456 e. The second-order valence-electron chi connectivity index (χ2n) is 6.64. The van der Waals surface area contributed by atoms with Gasteiger partial charge < -0.3 is 9.64 Å². The van der Waals surface area contributed by atoms with Crippen LogP contribution in [0.25, 0.3) is 0 Å². The van der Waals surface area contributed by atoms with E-state index in [4.69, 9.17) is 4.74 Å². The number of nitrogens with one attached hydrogen (secondary N) is 1. The van der Waals surface area contributed by atoms with E-state index in [2.05, 4.69) is 9.71 Å². The summed E-state index contributed by atoms with van der Waals surface area (Å²) in [6.07, 6.45) is -0.0640. The van der Waals surface area contributed by atoms with Crippen LogP contribution >= 0.6 is 0 Å². The van der Waals surface area contributed by atoms with E-state index in [1.807, 2.05) is 37.3 Å². The second kappa shape index (κ2) is 9.53. The molecule has 1 aliphatic heterocycles. The molecule has 2 aromatic rings. The van der Waals surface area contributed by atoms with Crippen molar-refractivity contribution < 1.29 is 22.7 Å². The van der Waals surface area contributed by atoms with Crippen molar-refractivity contribution in [2.45, 2.75) is 24.8 Å². The molecule has 3 rings (SSSR count). The van der Waals surface area contributed by atoms with Gasteiger partial charge >= 0.3 is 5.97 Å². The van der Waals surface area contributed by atoms with Gasteiger partial charge in [-0.3, -0.25) is 19.3 Å². The Morgan fingerprint density at radius 1 is 1.07 bits per heavy atom. The maximum Gasteiger partial charge on any atom is 0.308 e. The first kappa shape index (κ1) is 21.5. The smallest absolute Gasteiger partial charge is 0.308 e. The zero-order valence-corrected chi connectivity index (χ0v) is 17.4. The third-order valence-corrected chi connectivity index (χ3v) is 5.95. The molecule has 0 atom stereocenters. The van der Waals surface area contributed by atoms with Gasteiger partial charge in [-0.15, -0.1) is 0 Å². The number of aliphatic imine (C=N–C) groups is 1. The van der Waals surface area contributed by atoms with Crippen LogP contribution < -0.4 is 4.72 Å². The average molecular weight is 429 g/mol. The molecule has 1 N–H and O–H groups in total. The number of ether oxygens (including phenoxy) is 1. The molecule has 30 heavy (non-hydrogen) atoms. The Bertz CT molecular complexity index is 1050. The van der Waals surface area contributed by atoms with E-state index in [0.29, 0.717) is 18.7 Å². The lowest BCUT2D eigenvalue weighted by Gasteiger charge is -2.20. The number of esters is 1. The Kier molecular flexibility index (Phi) is 6.83. The minimum atomic E-state index is -3.61. The van der Waals surface area contributed by atoms with Gasteiger partial charge in [-0.1, -0.05) is 42.5 Å². The molecule has 0 spiro atoms. The van der Waals surface area contributed by atoms with Crippen molar-refractivity contribution in [3.05, 3.63) is 65.7 Å². The fourth-order valence-corrected chi connectivity index (χ4v) is 4.25. The van der Waals surface area contributed by atoms with Crippen LogP contribution in [0.1, 0.15) is 24.5 Å². The van der Waals surface area contributed by atoms with Crippen LogP contribution in [-0.4, -0.2) is 50.7 Å². The predicted octanol–water partition coefficient (Wildman–Crippen LogP) is 1.71. The molecule has 8 nitrogen and oxygen atoms in total. The third-order valence-electron chi connectivity index (χ3n) is 4.56. The molecule has 0 saturated carbocycles. The Morgan fingerprint density at radius 3 is 2.50 bits per heavy atom. The lowest BCUT2D eigenvalue weighted by atomic mass is 10.2. The quantitative estimate of drug-likeness (QED) is 0.643. The number of benzene rings is 2. The number of likely N-dealkylation sites (N-methyl/N-ethyl adjacent to an activating group) is 1. The molecule has 0 aromatic heterocycles. The number of amidine groups is 1. The lowest BCUT2D eigenvalue weighted by molar-refractivity contribution is -0.152. The van der Waals surface area contributed by atoms with Crippen LogP contribution in [-0.2, 0) is 30.9 Å². The Balaban J connectivity index is 1.48. The highest BCUT2D eigenvalue weighted by atomic mass is 32.2. The largest absolute Gasteiger partial charge is 0.456 e. The minimum absolute atomic E-state index is 0.0424. The van der Waals surface area contributed by atoms with Crippen molar-refractivity contribution in [1.82, 2.24) is 9.62 Å². The standard InChI is InChI=1S/C21H23N3O5S/c1-2-24(14-16-8-4-3-5-9-16)19(25)15-29-20(26)12-13-22-21-17-10-6-7-11-18(17)30(27,28)23-21/h3-11H,2,12-15H2,1H3,(H,22,23). The molecule has 0 fully saturated rings. The van der Waals surface area contributed by atoms with Gasteiger partial charge in [-0.25, -0.2) is 8.42 Å². The molecule has 0 aliphatic carbocycles. The van der Waals surface area contributed by atoms with Crippen molar-refractivity contribution in [2.24, 2.45) is 4.99 Å². The molecule has 1 heterocycles. The SMILES string of the molecule is CCN(Cc1ccccc1)C(=O)COC(=O)CCN=C1NS(=O)(=O)c2ccccc21. The maximum atomic E-state index is 12.3. The van der Waals surface area contributed by atoms with E-state index in [9.17, 15) is 18.0 Å². The zero-order valence-electron chi connectivity index (χ0n) is 16.6. The number of fused-ring (bicyclic) bond motifs is 1. The predicted molar refractivity (Wildman–Crippen MR) is 111 cm³/mol. The Hall–Kier alpha value is -3.20. The first-order chi connectivity index (χ1) is 14.4. The Morgan fingerprint density at radius 2 is 1.77 bits per heavy atom. The maximum absolute atomic E-state index is 12.3. The number of rotatable bonds is 8. The molecule has 2 aromatic carbocycles. The number of nitrogens with zero attached hydrogens (tertiary/aromatic N) is 2.